The lowest BCUT2D eigenvalue weighted by Gasteiger charge is -2.25. The number of rotatable bonds is 5. The molecule has 1 saturated heterocycles. The molecule has 1 heterocycles. The summed E-state index contributed by atoms with van der Waals surface area (Å²) in [5.41, 5.74) is 0.379. The average molecular weight is 348 g/mol. The normalized spacial score (nSPS) is 20.9. The fourth-order valence-corrected chi connectivity index (χ4v) is 2.96. The zero-order valence-corrected chi connectivity index (χ0v) is 13.2. The molecule has 5 heteroatoms. The minimum atomic E-state index is -0.435. The second-order valence-electron chi connectivity index (χ2n) is 5.20. The summed E-state index contributed by atoms with van der Waals surface area (Å²) in [5.74, 6) is -0.822. The summed E-state index contributed by atoms with van der Waals surface area (Å²) in [5, 5.41) is 3.07. The summed E-state index contributed by atoms with van der Waals surface area (Å²) in [6.07, 6.45) is 5.23. The number of hydrogen-bond donors (Lipinski definition) is 1. The lowest BCUT2D eigenvalue weighted by molar-refractivity contribution is 0.00860. The zero-order valence-electron chi connectivity index (χ0n) is 11.6. The number of benzene rings is 1. The van der Waals surface area contributed by atoms with E-state index >= 15 is 0 Å². The first kappa shape index (κ1) is 15.9. The van der Waals surface area contributed by atoms with Crippen molar-refractivity contribution >= 4 is 15.9 Å². The van der Waals surface area contributed by atoms with Crippen LogP contribution in [0.4, 0.5) is 8.78 Å². The standard InChI is InChI=1S/C15H20BrF2NO/c1-19-15(6-5-10-4-2-3-7-20-10)11-8-14(18)12(16)9-13(11)17/h8-10,15,19H,2-7H2,1H3. The quantitative estimate of drug-likeness (QED) is 0.800. The van der Waals surface area contributed by atoms with Crippen LogP contribution < -0.4 is 5.32 Å². The van der Waals surface area contributed by atoms with E-state index in [0.29, 0.717) is 5.56 Å². The largest absolute Gasteiger partial charge is 0.378 e. The Balaban J connectivity index is 2.02. The van der Waals surface area contributed by atoms with Gasteiger partial charge in [0.1, 0.15) is 11.6 Å². The van der Waals surface area contributed by atoms with Crippen molar-refractivity contribution in [3.8, 4) is 0 Å². The molecular weight excluding hydrogens is 328 g/mol. The van der Waals surface area contributed by atoms with Crippen molar-refractivity contribution in [3.05, 3.63) is 33.8 Å². The molecule has 1 N–H and O–H groups in total. The van der Waals surface area contributed by atoms with Gasteiger partial charge in [0, 0.05) is 18.2 Å². The Bertz CT molecular complexity index is 450. The Morgan fingerprint density at radius 3 is 2.80 bits per heavy atom. The Kier molecular flexibility index (Phi) is 5.93. The molecule has 20 heavy (non-hydrogen) atoms. The van der Waals surface area contributed by atoms with Crippen LogP contribution >= 0.6 is 15.9 Å². The molecule has 2 unspecified atom stereocenters. The summed E-state index contributed by atoms with van der Waals surface area (Å²) >= 11 is 3.00. The summed E-state index contributed by atoms with van der Waals surface area (Å²) in [6, 6.07) is 2.26. The van der Waals surface area contributed by atoms with Crippen LogP contribution in [0.25, 0.3) is 0 Å². The fraction of sp³-hybridized carbons (Fsp3) is 0.600. The van der Waals surface area contributed by atoms with Gasteiger partial charge in [0.2, 0.25) is 0 Å². The van der Waals surface area contributed by atoms with Crippen molar-refractivity contribution in [1.82, 2.24) is 5.32 Å². The molecule has 0 aliphatic carbocycles. The summed E-state index contributed by atoms with van der Waals surface area (Å²) in [6.45, 7) is 0.816. The zero-order chi connectivity index (χ0) is 14.5. The van der Waals surface area contributed by atoms with E-state index in [4.69, 9.17) is 4.74 Å². The minimum Gasteiger partial charge on any atom is -0.378 e. The van der Waals surface area contributed by atoms with Gasteiger partial charge in [-0.25, -0.2) is 8.78 Å². The van der Waals surface area contributed by atoms with Gasteiger partial charge in [0.25, 0.3) is 0 Å². The molecule has 0 aromatic heterocycles. The number of hydrogen-bond acceptors (Lipinski definition) is 2. The van der Waals surface area contributed by atoms with E-state index in [1.807, 2.05) is 0 Å². The van der Waals surface area contributed by atoms with Gasteiger partial charge in [-0.2, -0.15) is 0 Å². The van der Waals surface area contributed by atoms with Gasteiger partial charge < -0.3 is 10.1 Å². The van der Waals surface area contributed by atoms with Crippen molar-refractivity contribution < 1.29 is 13.5 Å². The van der Waals surface area contributed by atoms with Crippen LogP contribution in [-0.4, -0.2) is 19.8 Å². The van der Waals surface area contributed by atoms with Crippen LogP contribution in [0.15, 0.2) is 16.6 Å². The molecule has 1 aliphatic heterocycles. The van der Waals surface area contributed by atoms with Gasteiger partial charge in [-0.3, -0.25) is 0 Å². The van der Waals surface area contributed by atoms with Gasteiger partial charge in [-0.15, -0.1) is 0 Å². The molecule has 1 aromatic rings. The maximum Gasteiger partial charge on any atom is 0.137 e. The van der Waals surface area contributed by atoms with Crippen LogP contribution in [0.3, 0.4) is 0 Å². The highest BCUT2D eigenvalue weighted by atomic mass is 79.9. The first-order valence-electron chi connectivity index (χ1n) is 7.05. The van der Waals surface area contributed by atoms with E-state index in [1.165, 1.54) is 18.6 Å². The molecule has 2 nitrogen and oxygen atoms in total. The van der Waals surface area contributed by atoms with Crippen LogP contribution in [0.1, 0.15) is 43.7 Å². The molecule has 1 aliphatic rings. The van der Waals surface area contributed by atoms with E-state index in [-0.39, 0.29) is 22.4 Å². The van der Waals surface area contributed by atoms with Gasteiger partial charge in [0.15, 0.2) is 0 Å². The number of halogens is 3. The molecule has 2 atom stereocenters. The highest BCUT2D eigenvalue weighted by Crippen LogP contribution is 2.28. The van der Waals surface area contributed by atoms with Crippen molar-refractivity contribution in [2.45, 2.75) is 44.2 Å². The molecule has 1 fully saturated rings. The molecule has 2 rings (SSSR count). The van der Waals surface area contributed by atoms with Gasteiger partial charge >= 0.3 is 0 Å². The van der Waals surface area contributed by atoms with Gasteiger partial charge in [-0.05, 0) is 67.2 Å². The van der Waals surface area contributed by atoms with E-state index in [0.717, 1.165) is 32.3 Å². The smallest absolute Gasteiger partial charge is 0.137 e. The second-order valence-corrected chi connectivity index (χ2v) is 6.05. The molecule has 0 amide bonds. The van der Waals surface area contributed by atoms with Crippen LogP contribution in [0.5, 0.6) is 0 Å². The lowest BCUT2D eigenvalue weighted by Crippen LogP contribution is -2.23. The molecule has 0 bridgehead atoms. The summed E-state index contributed by atoms with van der Waals surface area (Å²) in [7, 11) is 1.77. The van der Waals surface area contributed by atoms with E-state index in [9.17, 15) is 8.78 Å². The highest BCUT2D eigenvalue weighted by molar-refractivity contribution is 9.10. The third-order valence-corrected chi connectivity index (χ3v) is 4.42. The lowest BCUT2D eigenvalue weighted by atomic mass is 9.97. The number of nitrogens with one attached hydrogen (secondary N) is 1. The van der Waals surface area contributed by atoms with E-state index in [2.05, 4.69) is 21.2 Å². The first-order valence-corrected chi connectivity index (χ1v) is 7.84. The minimum absolute atomic E-state index is 0.157. The Morgan fingerprint density at radius 1 is 1.35 bits per heavy atom. The Hall–Kier alpha value is -0.520. The van der Waals surface area contributed by atoms with Gasteiger partial charge in [0.05, 0.1) is 10.6 Å². The third-order valence-electron chi connectivity index (χ3n) is 3.81. The maximum absolute atomic E-state index is 14.0. The van der Waals surface area contributed by atoms with Crippen molar-refractivity contribution in [3.63, 3.8) is 0 Å². The first-order chi connectivity index (χ1) is 9.61. The van der Waals surface area contributed by atoms with Crippen molar-refractivity contribution in [2.24, 2.45) is 0 Å². The molecule has 1 aromatic carbocycles. The van der Waals surface area contributed by atoms with Gasteiger partial charge in [-0.1, -0.05) is 0 Å². The Labute approximate surface area is 127 Å². The molecular formula is C15H20BrF2NO. The van der Waals surface area contributed by atoms with Crippen molar-refractivity contribution in [2.75, 3.05) is 13.7 Å². The van der Waals surface area contributed by atoms with Crippen LogP contribution in [0.2, 0.25) is 0 Å². The predicted molar refractivity (Wildman–Crippen MR) is 78.7 cm³/mol. The predicted octanol–water partition coefficient (Wildman–Crippen LogP) is 4.34. The summed E-state index contributed by atoms with van der Waals surface area (Å²) in [4.78, 5) is 0. The molecule has 112 valence electrons. The Morgan fingerprint density at radius 2 is 2.15 bits per heavy atom. The van der Waals surface area contributed by atoms with Crippen LogP contribution in [0, 0.1) is 11.6 Å². The number of ether oxygens (including phenoxy) is 1. The molecule has 0 radical (unpaired) electrons. The monoisotopic (exact) mass is 347 g/mol. The molecule has 0 saturated carbocycles. The fourth-order valence-electron chi connectivity index (χ4n) is 2.65. The SMILES string of the molecule is CNC(CCC1CCCCO1)c1cc(F)c(Br)cc1F. The topological polar surface area (TPSA) is 21.3 Å². The van der Waals surface area contributed by atoms with E-state index < -0.39 is 5.82 Å². The van der Waals surface area contributed by atoms with Crippen LogP contribution in [-0.2, 0) is 4.74 Å². The second kappa shape index (κ2) is 7.48. The summed E-state index contributed by atoms with van der Waals surface area (Å²) < 4.78 is 33.4. The van der Waals surface area contributed by atoms with E-state index in [1.54, 1.807) is 7.05 Å². The third kappa shape index (κ3) is 3.99. The van der Waals surface area contributed by atoms with Crippen molar-refractivity contribution in [1.29, 1.82) is 0 Å². The highest BCUT2D eigenvalue weighted by Gasteiger charge is 2.20. The molecule has 0 spiro atoms. The maximum atomic E-state index is 14.0. The average Bonchev–Trinajstić information content (AvgIpc) is 2.46.